The molecule has 0 aromatic heterocycles. The monoisotopic (exact) mass is 465 g/mol. The number of aromatic hydroxyl groups is 1. The number of carboxylic acids is 1. The maximum absolute atomic E-state index is 11.3. The quantitative estimate of drug-likeness (QED) is 0.339. The predicted octanol–water partition coefficient (Wildman–Crippen LogP) is 6.66. The first-order valence-electron chi connectivity index (χ1n) is 10.4. The van der Waals surface area contributed by atoms with Gasteiger partial charge in [0.2, 0.25) is 0 Å². The van der Waals surface area contributed by atoms with Gasteiger partial charge >= 0.3 is 5.97 Å². The lowest BCUT2D eigenvalue weighted by Gasteiger charge is -2.41. The largest absolute Gasteiger partial charge is 0.507 e. The Bertz CT molecular complexity index is 948. The first-order valence-corrected chi connectivity index (χ1v) is 13.4. The first-order chi connectivity index (χ1) is 14.7. The van der Waals surface area contributed by atoms with Crippen LogP contribution in [0.2, 0.25) is 0 Å². The molecule has 0 bridgehead atoms. The van der Waals surface area contributed by atoms with Gasteiger partial charge in [-0.25, -0.2) is 4.79 Å². The third-order valence-electron chi connectivity index (χ3n) is 6.14. The lowest BCUT2D eigenvalue weighted by molar-refractivity contribution is 0.0697. The van der Waals surface area contributed by atoms with Crippen LogP contribution >= 0.6 is 22.4 Å². The Labute approximate surface area is 189 Å². The van der Waals surface area contributed by atoms with Gasteiger partial charge in [0.15, 0.2) is 0 Å². The molecular formula is C23H31NO5S2. The van der Waals surface area contributed by atoms with Gasteiger partial charge in [-0.15, -0.1) is 11.8 Å². The Hall–Kier alpha value is -1.87. The maximum atomic E-state index is 11.3. The Morgan fingerprint density at radius 1 is 1.19 bits per heavy atom. The van der Waals surface area contributed by atoms with Crippen molar-refractivity contribution >= 4 is 39.7 Å². The Morgan fingerprint density at radius 2 is 1.87 bits per heavy atom. The number of thioether (sulfide) groups is 1. The van der Waals surface area contributed by atoms with Crippen LogP contribution in [0.15, 0.2) is 46.2 Å². The van der Waals surface area contributed by atoms with Crippen molar-refractivity contribution in [3.63, 3.8) is 0 Å². The van der Waals surface area contributed by atoms with Crippen LogP contribution < -0.4 is 4.90 Å². The normalized spacial score (nSPS) is 21.3. The minimum Gasteiger partial charge on any atom is -0.507 e. The Kier molecular flexibility index (Phi) is 7.15. The SMILES string of the molecule is CCCCC1(CC)CN(c2ccc(C(=O)O)cc2)c2cc(SC)c(O)cc2S(O)(O)C1. The van der Waals surface area contributed by atoms with E-state index in [4.69, 9.17) is 0 Å². The number of carboxylic acid groups (broad SMARTS) is 1. The van der Waals surface area contributed by atoms with Gasteiger partial charge < -0.3 is 15.1 Å². The van der Waals surface area contributed by atoms with Crippen LogP contribution in [-0.4, -0.2) is 43.8 Å². The van der Waals surface area contributed by atoms with E-state index in [2.05, 4.69) is 18.7 Å². The van der Waals surface area contributed by atoms with Crippen LogP contribution in [0, 0.1) is 5.41 Å². The molecule has 1 heterocycles. The Morgan fingerprint density at radius 3 is 2.42 bits per heavy atom. The molecule has 3 rings (SSSR count). The molecule has 2 aromatic carbocycles. The number of carbonyl (C=O) groups is 1. The highest BCUT2D eigenvalue weighted by molar-refractivity contribution is 8.24. The number of aromatic carboxylic acids is 1. The van der Waals surface area contributed by atoms with Crippen molar-refractivity contribution in [2.24, 2.45) is 5.41 Å². The molecule has 0 saturated heterocycles. The molecule has 4 N–H and O–H groups in total. The lowest BCUT2D eigenvalue weighted by atomic mass is 9.81. The number of unbranched alkanes of at least 4 members (excludes halogenated alkanes) is 1. The van der Waals surface area contributed by atoms with E-state index in [1.54, 1.807) is 30.3 Å². The second-order valence-electron chi connectivity index (χ2n) is 8.20. The van der Waals surface area contributed by atoms with Gasteiger partial charge in [0.05, 0.1) is 21.0 Å². The van der Waals surface area contributed by atoms with Crippen molar-refractivity contribution in [3.8, 4) is 5.75 Å². The molecule has 0 fully saturated rings. The van der Waals surface area contributed by atoms with E-state index in [1.165, 1.54) is 17.8 Å². The fourth-order valence-corrected chi connectivity index (χ4v) is 7.00. The van der Waals surface area contributed by atoms with Crippen LogP contribution in [0.3, 0.4) is 0 Å². The van der Waals surface area contributed by atoms with Crippen LogP contribution in [0.25, 0.3) is 0 Å². The van der Waals surface area contributed by atoms with Gasteiger partial charge in [-0.2, -0.15) is 10.6 Å². The molecule has 0 spiro atoms. The molecule has 0 radical (unpaired) electrons. The van der Waals surface area contributed by atoms with Gasteiger partial charge in [0, 0.05) is 29.5 Å². The number of fused-ring (bicyclic) bond motifs is 1. The molecule has 6 nitrogen and oxygen atoms in total. The van der Waals surface area contributed by atoms with Crippen LogP contribution in [0.5, 0.6) is 5.75 Å². The molecule has 170 valence electrons. The summed E-state index contributed by atoms with van der Waals surface area (Å²) in [4.78, 5) is 14.4. The molecule has 1 atom stereocenters. The van der Waals surface area contributed by atoms with Crippen molar-refractivity contribution < 1.29 is 24.1 Å². The van der Waals surface area contributed by atoms with Gasteiger partial charge in [-0.1, -0.05) is 26.7 Å². The summed E-state index contributed by atoms with van der Waals surface area (Å²) in [5.41, 5.74) is 1.31. The average molecular weight is 466 g/mol. The zero-order chi connectivity index (χ0) is 22.8. The minimum atomic E-state index is -3.14. The fourth-order valence-electron chi connectivity index (χ4n) is 4.25. The second-order valence-corrected chi connectivity index (χ2v) is 11.1. The summed E-state index contributed by atoms with van der Waals surface area (Å²) < 4.78 is 22.5. The number of rotatable bonds is 7. The molecule has 0 saturated carbocycles. The van der Waals surface area contributed by atoms with Gasteiger partial charge in [-0.3, -0.25) is 9.11 Å². The zero-order valence-electron chi connectivity index (χ0n) is 18.2. The minimum absolute atomic E-state index is 0.0324. The van der Waals surface area contributed by atoms with Crippen LogP contribution in [-0.2, 0) is 0 Å². The highest BCUT2D eigenvalue weighted by atomic mass is 32.3. The van der Waals surface area contributed by atoms with Crippen molar-refractivity contribution in [2.75, 3.05) is 23.5 Å². The number of phenolic OH excluding ortho intramolecular Hbond substituents is 1. The summed E-state index contributed by atoms with van der Waals surface area (Å²) in [6.45, 7) is 4.78. The van der Waals surface area contributed by atoms with E-state index >= 15 is 0 Å². The van der Waals surface area contributed by atoms with E-state index in [1.807, 2.05) is 6.26 Å². The standard InChI is InChI=1S/C23H31NO5S2/c1-4-6-11-23(5-2)14-24(17-9-7-16(8-10-17)22(26)27)18-12-20(30-3)19(25)13-21(18)31(28,29)15-23/h7-10,12-13,25,28-29H,4-6,11,14-15H2,1-3H3,(H,26,27). The van der Waals surface area contributed by atoms with Crippen molar-refractivity contribution in [2.45, 2.75) is 49.3 Å². The molecule has 8 heteroatoms. The summed E-state index contributed by atoms with van der Waals surface area (Å²) in [6.07, 6.45) is 5.49. The van der Waals surface area contributed by atoms with Crippen molar-refractivity contribution in [1.82, 2.24) is 0 Å². The van der Waals surface area contributed by atoms with Gasteiger partial charge in [-0.05, 0) is 49.4 Å². The van der Waals surface area contributed by atoms with Crippen LogP contribution in [0.4, 0.5) is 11.4 Å². The molecular weight excluding hydrogens is 434 g/mol. The third kappa shape index (κ3) is 4.82. The zero-order valence-corrected chi connectivity index (χ0v) is 19.8. The lowest BCUT2D eigenvalue weighted by Crippen LogP contribution is -2.37. The van der Waals surface area contributed by atoms with Crippen molar-refractivity contribution in [1.29, 1.82) is 0 Å². The summed E-state index contributed by atoms with van der Waals surface area (Å²) in [6, 6.07) is 9.94. The molecule has 1 unspecified atom stereocenters. The summed E-state index contributed by atoms with van der Waals surface area (Å²) in [5, 5.41) is 19.7. The van der Waals surface area contributed by atoms with E-state index in [-0.39, 0.29) is 22.5 Å². The summed E-state index contributed by atoms with van der Waals surface area (Å²) in [5.74, 6) is -0.715. The van der Waals surface area contributed by atoms with Crippen LogP contribution in [0.1, 0.15) is 49.9 Å². The molecule has 0 aliphatic carbocycles. The first kappa shape index (κ1) is 23.8. The maximum Gasteiger partial charge on any atom is 0.335 e. The van der Waals surface area contributed by atoms with Gasteiger partial charge in [0.1, 0.15) is 5.75 Å². The smallest absolute Gasteiger partial charge is 0.335 e. The predicted molar refractivity (Wildman–Crippen MR) is 129 cm³/mol. The number of phenols is 1. The summed E-state index contributed by atoms with van der Waals surface area (Å²) in [7, 11) is -3.14. The highest BCUT2D eigenvalue weighted by Gasteiger charge is 2.42. The number of hydrogen-bond donors (Lipinski definition) is 4. The Balaban J connectivity index is 2.22. The number of benzene rings is 2. The fraction of sp³-hybridized carbons (Fsp3) is 0.435. The summed E-state index contributed by atoms with van der Waals surface area (Å²) >= 11 is 1.39. The van der Waals surface area contributed by atoms with E-state index in [9.17, 15) is 24.1 Å². The number of nitrogens with zero attached hydrogens (tertiary/aromatic N) is 1. The topological polar surface area (TPSA) is 101 Å². The van der Waals surface area contributed by atoms with E-state index in [0.717, 1.165) is 31.4 Å². The molecule has 1 aliphatic rings. The third-order valence-corrected chi connectivity index (χ3v) is 8.95. The number of anilines is 2. The number of hydrogen-bond acceptors (Lipinski definition) is 6. The van der Waals surface area contributed by atoms with E-state index < -0.39 is 16.6 Å². The van der Waals surface area contributed by atoms with E-state index in [0.29, 0.717) is 22.0 Å². The molecule has 0 amide bonds. The second kappa shape index (κ2) is 9.32. The molecule has 1 aliphatic heterocycles. The average Bonchev–Trinajstić information content (AvgIpc) is 2.84. The highest BCUT2D eigenvalue weighted by Crippen LogP contribution is 2.61. The molecule has 2 aromatic rings. The van der Waals surface area contributed by atoms with Crippen molar-refractivity contribution in [3.05, 3.63) is 42.0 Å². The van der Waals surface area contributed by atoms with Gasteiger partial charge in [0.25, 0.3) is 0 Å². The molecule has 31 heavy (non-hydrogen) atoms.